The Morgan fingerprint density at radius 3 is 2.45 bits per heavy atom. The minimum absolute atomic E-state index is 0.221. The van der Waals surface area contributed by atoms with Crippen LogP contribution in [0.4, 0.5) is 4.79 Å². The van der Waals surface area contributed by atoms with Gasteiger partial charge in [-0.2, -0.15) is 0 Å². The van der Waals surface area contributed by atoms with Gasteiger partial charge in [0.25, 0.3) is 0 Å². The van der Waals surface area contributed by atoms with Crippen LogP contribution in [-0.2, 0) is 6.42 Å². The van der Waals surface area contributed by atoms with Crippen molar-refractivity contribution in [1.29, 1.82) is 0 Å². The maximum atomic E-state index is 11.6. The van der Waals surface area contributed by atoms with Crippen LogP contribution in [0.5, 0.6) is 0 Å². The summed E-state index contributed by atoms with van der Waals surface area (Å²) in [6, 6.07) is 9.98. The van der Waals surface area contributed by atoms with Gasteiger partial charge in [0.15, 0.2) is 0 Å². The summed E-state index contributed by atoms with van der Waals surface area (Å²) in [6.45, 7) is 6.73. The normalized spacial score (nSPS) is 12.8. The van der Waals surface area contributed by atoms with Gasteiger partial charge < -0.3 is 15.7 Å². The Bertz CT molecular complexity index is 399. The van der Waals surface area contributed by atoms with E-state index in [1.807, 2.05) is 39.0 Å². The van der Waals surface area contributed by atoms with E-state index in [1.54, 1.807) is 0 Å². The molecule has 112 valence electrons. The second kappa shape index (κ2) is 7.90. The maximum absolute atomic E-state index is 11.6. The lowest BCUT2D eigenvalue weighted by Gasteiger charge is -2.25. The van der Waals surface area contributed by atoms with Gasteiger partial charge in [-0.25, -0.2) is 4.79 Å². The van der Waals surface area contributed by atoms with E-state index in [0.717, 1.165) is 12.8 Å². The zero-order valence-corrected chi connectivity index (χ0v) is 12.6. The number of rotatable bonds is 6. The van der Waals surface area contributed by atoms with Crippen molar-refractivity contribution in [2.45, 2.75) is 39.7 Å². The molecule has 20 heavy (non-hydrogen) atoms. The number of aliphatic hydroxyl groups is 1. The molecular weight excluding hydrogens is 252 g/mol. The molecule has 3 N–H and O–H groups in total. The summed E-state index contributed by atoms with van der Waals surface area (Å²) in [7, 11) is 0. The van der Waals surface area contributed by atoms with Crippen molar-refractivity contribution in [2.75, 3.05) is 13.1 Å². The molecule has 0 aliphatic carbocycles. The number of nitrogens with one attached hydrogen (secondary N) is 2. The third-order valence-corrected chi connectivity index (χ3v) is 3.23. The highest BCUT2D eigenvalue weighted by molar-refractivity contribution is 5.73. The molecule has 0 saturated carbocycles. The molecule has 2 amide bonds. The van der Waals surface area contributed by atoms with E-state index in [-0.39, 0.29) is 18.0 Å². The van der Waals surface area contributed by atoms with Crippen LogP contribution in [0.15, 0.2) is 30.3 Å². The predicted molar refractivity (Wildman–Crippen MR) is 81.6 cm³/mol. The molecule has 0 aromatic heterocycles. The van der Waals surface area contributed by atoms with Crippen LogP contribution in [0.25, 0.3) is 0 Å². The van der Waals surface area contributed by atoms with Gasteiger partial charge in [-0.3, -0.25) is 0 Å². The smallest absolute Gasteiger partial charge is 0.314 e. The predicted octanol–water partition coefficient (Wildman–Crippen LogP) is 2.33. The molecule has 1 rings (SSSR count). The van der Waals surface area contributed by atoms with Gasteiger partial charge in [-0.1, -0.05) is 51.1 Å². The lowest BCUT2D eigenvalue weighted by atomic mass is 9.89. The van der Waals surface area contributed by atoms with Gasteiger partial charge in [0.1, 0.15) is 0 Å². The number of urea groups is 1. The van der Waals surface area contributed by atoms with Crippen LogP contribution < -0.4 is 10.6 Å². The fraction of sp³-hybridized carbons (Fsp3) is 0.562. The van der Waals surface area contributed by atoms with Gasteiger partial charge in [0.05, 0.1) is 6.10 Å². The minimum atomic E-state index is -0.544. The summed E-state index contributed by atoms with van der Waals surface area (Å²) < 4.78 is 0. The fourth-order valence-corrected chi connectivity index (χ4v) is 1.70. The quantitative estimate of drug-likeness (QED) is 0.699. The minimum Gasteiger partial charge on any atom is -0.391 e. The molecular formula is C16H26N2O2. The van der Waals surface area contributed by atoms with Crippen LogP contribution in [0.2, 0.25) is 0 Å². The first-order valence-corrected chi connectivity index (χ1v) is 7.13. The number of hydrogen-bond acceptors (Lipinski definition) is 2. The summed E-state index contributed by atoms with van der Waals surface area (Å²) in [4.78, 5) is 11.6. The number of carbonyl (C=O) groups excluding carboxylic acids is 1. The molecule has 1 aromatic rings. The van der Waals surface area contributed by atoms with Gasteiger partial charge >= 0.3 is 6.03 Å². The molecule has 4 nitrogen and oxygen atoms in total. The third-order valence-electron chi connectivity index (χ3n) is 3.23. The SMILES string of the molecule is CC(C)(C)C(O)CNC(=O)NCCCc1ccccc1. The largest absolute Gasteiger partial charge is 0.391 e. The van der Waals surface area contributed by atoms with Crippen LogP contribution in [0, 0.1) is 5.41 Å². The summed E-state index contributed by atoms with van der Waals surface area (Å²) >= 11 is 0. The highest BCUT2D eigenvalue weighted by atomic mass is 16.3. The Kier molecular flexibility index (Phi) is 6.52. The molecule has 1 aromatic carbocycles. The number of aryl methyl sites for hydroxylation is 1. The fourth-order valence-electron chi connectivity index (χ4n) is 1.70. The van der Waals surface area contributed by atoms with Crippen molar-refractivity contribution in [3.05, 3.63) is 35.9 Å². The lowest BCUT2D eigenvalue weighted by molar-refractivity contribution is 0.0650. The number of aliphatic hydroxyl groups excluding tert-OH is 1. The summed E-state index contributed by atoms with van der Waals surface area (Å²) in [6.07, 6.45) is 1.31. The highest BCUT2D eigenvalue weighted by Crippen LogP contribution is 2.17. The van der Waals surface area contributed by atoms with E-state index in [0.29, 0.717) is 6.54 Å². The first-order chi connectivity index (χ1) is 9.39. The monoisotopic (exact) mass is 278 g/mol. The maximum Gasteiger partial charge on any atom is 0.314 e. The van der Waals surface area contributed by atoms with E-state index in [4.69, 9.17) is 0 Å². The second-order valence-corrected chi connectivity index (χ2v) is 6.11. The van der Waals surface area contributed by atoms with E-state index in [2.05, 4.69) is 22.8 Å². The van der Waals surface area contributed by atoms with Crippen LogP contribution in [0.1, 0.15) is 32.8 Å². The van der Waals surface area contributed by atoms with Gasteiger partial charge in [-0.15, -0.1) is 0 Å². The molecule has 0 fully saturated rings. The zero-order chi connectivity index (χ0) is 15.0. The molecule has 4 heteroatoms. The third kappa shape index (κ3) is 6.57. The van der Waals surface area contributed by atoms with Gasteiger partial charge in [0.2, 0.25) is 0 Å². The molecule has 0 aliphatic rings. The number of carbonyl (C=O) groups is 1. The van der Waals surface area contributed by atoms with Crippen molar-refractivity contribution < 1.29 is 9.90 Å². The Hall–Kier alpha value is -1.55. The van der Waals surface area contributed by atoms with Crippen molar-refractivity contribution in [3.8, 4) is 0 Å². The van der Waals surface area contributed by atoms with Crippen molar-refractivity contribution in [3.63, 3.8) is 0 Å². The molecule has 0 heterocycles. The Morgan fingerprint density at radius 1 is 1.20 bits per heavy atom. The van der Waals surface area contributed by atoms with Gasteiger partial charge in [-0.05, 0) is 23.8 Å². The molecule has 1 atom stereocenters. The Balaban J connectivity index is 2.12. The number of amides is 2. The van der Waals surface area contributed by atoms with Crippen LogP contribution >= 0.6 is 0 Å². The lowest BCUT2D eigenvalue weighted by Crippen LogP contribution is -2.43. The topological polar surface area (TPSA) is 61.4 Å². The molecule has 1 unspecified atom stereocenters. The molecule has 0 saturated heterocycles. The van der Waals surface area contributed by atoms with E-state index < -0.39 is 6.10 Å². The van der Waals surface area contributed by atoms with Crippen LogP contribution in [-0.4, -0.2) is 30.3 Å². The van der Waals surface area contributed by atoms with E-state index >= 15 is 0 Å². The van der Waals surface area contributed by atoms with Crippen molar-refractivity contribution >= 4 is 6.03 Å². The van der Waals surface area contributed by atoms with Crippen LogP contribution in [0.3, 0.4) is 0 Å². The van der Waals surface area contributed by atoms with E-state index in [1.165, 1.54) is 5.56 Å². The average molecular weight is 278 g/mol. The standard InChI is InChI=1S/C16H26N2O2/c1-16(2,3)14(19)12-18-15(20)17-11-7-10-13-8-5-4-6-9-13/h4-6,8-9,14,19H,7,10-12H2,1-3H3,(H2,17,18,20). The first-order valence-electron chi connectivity index (χ1n) is 7.13. The van der Waals surface area contributed by atoms with E-state index in [9.17, 15) is 9.90 Å². The number of benzene rings is 1. The summed E-state index contributed by atoms with van der Waals surface area (Å²) in [5, 5.41) is 15.3. The summed E-state index contributed by atoms with van der Waals surface area (Å²) in [5.41, 5.74) is 1.05. The molecule has 0 aliphatic heterocycles. The highest BCUT2D eigenvalue weighted by Gasteiger charge is 2.22. The second-order valence-electron chi connectivity index (χ2n) is 6.11. The average Bonchev–Trinajstić information content (AvgIpc) is 2.41. The first kappa shape index (κ1) is 16.5. The summed E-state index contributed by atoms with van der Waals surface area (Å²) in [5.74, 6) is 0. The Labute approximate surface area is 121 Å². The Morgan fingerprint density at radius 2 is 1.85 bits per heavy atom. The zero-order valence-electron chi connectivity index (χ0n) is 12.6. The molecule has 0 spiro atoms. The van der Waals surface area contributed by atoms with Crippen molar-refractivity contribution in [2.24, 2.45) is 5.41 Å². The molecule has 0 bridgehead atoms. The van der Waals surface area contributed by atoms with Gasteiger partial charge in [0, 0.05) is 13.1 Å². The molecule has 0 radical (unpaired) electrons. The van der Waals surface area contributed by atoms with Crippen molar-refractivity contribution in [1.82, 2.24) is 10.6 Å². The number of hydrogen-bond donors (Lipinski definition) is 3.